The average molecular weight is 264 g/mol. The molecule has 0 heterocycles. The van der Waals surface area contributed by atoms with Gasteiger partial charge in [-0.2, -0.15) is 4.39 Å². The van der Waals surface area contributed by atoms with Crippen molar-refractivity contribution < 1.29 is 13.7 Å². The fourth-order valence-corrected chi connectivity index (χ4v) is 1.69. The fourth-order valence-electron chi connectivity index (χ4n) is 1.69. The first-order valence-electron chi connectivity index (χ1n) is 5.45. The Balaban J connectivity index is 2.47. The summed E-state index contributed by atoms with van der Waals surface area (Å²) in [7, 11) is 0. The molecule has 0 radical (unpaired) electrons. The maximum Gasteiger partial charge on any atom is 0.327 e. The lowest BCUT2D eigenvalue weighted by atomic mass is 10.2. The summed E-state index contributed by atoms with van der Waals surface area (Å²) in [6, 6.07) is 8.22. The minimum absolute atomic E-state index is 0.0636. The van der Waals surface area contributed by atoms with E-state index in [4.69, 9.17) is 0 Å². The average Bonchev–Trinajstić information content (AvgIpc) is 2.34. The molecule has 4 nitrogen and oxygen atoms in total. The van der Waals surface area contributed by atoms with Crippen LogP contribution in [0.2, 0.25) is 0 Å². The Labute approximate surface area is 107 Å². The van der Waals surface area contributed by atoms with Crippen LogP contribution in [0.1, 0.15) is 5.56 Å². The Kier molecular flexibility index (Phi) is 3.41. The number of anilines is 2. The number of rotatable bonds is 3. The van der Waals surface area contributed by atoms with Crippen molar-refractivity contribution >= 4 is 17.1 Å². The Morgan fingerprint density at radius 2 is 1.74 bits per heavy atom. The zero-order valence-electron chi connectivity index (χ0n) is 9.98. The molecule has 1 N–H and O–H groups in total. The molecule has 6 heteroatoms. The molecule has 0 atom stereocenters. The number of hydrogen-bond donors (Lipinski definition) is 1. The largest absolute Gasteiger partial charge is 0.347 e. The summed E-state index contributed by atoms with van der Waals surface area (Å²) in [4.78, 5) is 9.97. The molecule has 0 aromatic heterocycles. The summed E-state index contributed by atoms with van der Waals surface area (Å²) in [5, 5.41) is 13.4. The van der Waals surface area contributed by atoms with Crippen LogP contribution in [0, 0.1) is 28.7 Å². The highest BCUT2D eigenvalue weighted by molar-refractivity contribution is 5.70. The van der Waals surface area contributed by atoms with Crippen molar-refractivity contribution in [3.05, 3.63) is 63.7 Å². The summed E-state index contributed by atoms with van der Waals surface area (Å²) in [5.41, 5.74) is -0.337. The zero-order chi connectivity index (χ0) is 14.0. The molecule has 0 saturated heterocycles. The second-order valence-electron chi connectivity index (χ2n) is 3.95. The Hall–Kier alpha value is -2.50. The van der Waals surface area contributed by atoms with Crippen LogP contribution in [0.5, 0.6) is 0 Å². The van der Waals surface area contributed by atoms with Crippen molar-refractivity contribution in [2.45, 2.75) is 6.92 Å². The second kappa shape index (κ2) is 5.01. The number of nitro groups is 1. The van der Waals surface area contributed by atoms with E-state index in [0.717, 1.165) is 6.07 Å². The molecule has 2 aromatic carbocycles. The number of para-hydroxylation sites is 1. The summed E-state index contributed by atoms with van der Waals surface area (Å²) < 4.78 is 27.2. The number of halogens is 2. The van der Waals surface area contributed by atoms with Crippen molar-refractivity contribution in [1.82, 2.24) is 0 Å². The maximum absolute atomic E-state index is 13.8. The highest BCUT2D eigenvalue weighted by atomic mass is 19.1. The van der Waals surface area contributed by atoms with Gasteiger partial charge in [0.25, 0.3) is 0 Å². The van der Waals surface area contributed by atoms with E-state index >= 15 is 0 Å². The molecule has 2 rings (SSSR count). The Morgan fingerprint density at radius 1 is 1.11 bits per heavy atom. The third-order valence-electron chi connectivity index (χ3n) is 2.63. The van der Waals surface area contributed by atoms with E-state index in [2.05, 4.69) is 5.32 Å². The molecule has 0 saturated carbocycles. The predicted molar refractivity (Wildman–Crippen MR) is 67.5 cm³/mol. The zero-order valence-corrected chi connectivity index (χ0v) is 9.98. The summed E-state index contributed by atoms with van der Waals surface area (Å²) in [5.74, 6) is -1.50. The van der Waals surface area contributed by atoms with Crippen LogP contribution >= 0.6 is 0 Å². The van der Waals surface area contributed by atoms with Gasteiger partial charge in [-0.25, -0.2) is 4.39 Å². The van der Waals surface area contributed by atoms with E-state index < -0.39 is 22.2 Å². The molecule has 0 bridgehead atoms. The van der Waals surface area contributed by atoms with Crippen molar-refractivity contribution in [1.29, 1.82) is 0 Å². The van der Waals surface area contributed by atoms with Crippen LogP contribution < -0.4 is 5.32 Å². The van der Waals surface area contributed by atoms with Crippen molar-refractivity contribution in [3.8, 4) is 0 Å². The van der Waals surface area contributed by atoms with E-state index in [9.17, 15) is 18.9 Å². The lowest BCUT2D eigenvalue weighted by molar-refractivity contribution is -0.386. The molecule has 0 aliphatic rings. The number of hydrogen-bond acceptors (Lipinski definition) is 3. The molecule has 0 aliphatic carbocycles. The van der Waals surface area contributed by atoms with Gasteiger partial charge in [-0.05, 0) is 30.7 Å². The monoisotopic (exact) mass is 264 g/mol. The van der Waals surface area contributed by atoms with E-state index in [-0.39, 0.29) is 11.4 Å². The van der Waals surface area contributed by atoms with Crippen LogP contribution in [0.4, 0.5) is 25.8 Å². The van der Waals surface area contributed by atoms with E-state index in [1.165, 1.54) is 18.2 Å². The van der Waals surface area contributed by atoms with E-state index in [1.807, 2.05) is 0 Å². The predicted octanol–water partition coefficient (Wildman–Crippen LogP) is 3.93. The van der Waals surface area contributed by atoms with Gasteiger partial charge in [0.05, 0.1) is 10.6 Å². The SMILES string of the molecule is Cc1cccc(Nc2cccc(F)c2[N+](=O)[O-])c1F. The minimum atomic E-state index is -0.969. The first-order valence-corrected chi connectivity index (χ1v) is 5.45. The lowest BCUT2D eigenvalue weighted by Crippen LogP contribution is -2.01. The van der Waals surface area contributed by atoms with Gasteiger partial charge >= 0.3 is 5.69 Å². The smallest absolute Gasteiger partial charge is 0.327 e. The molecule has 0 spiro atoms. The molecule has 0 amide bonds. The van der Waals surface area contributed by atoms with Crippen molar-refractivity contribution in [2.24, 2.45) is 0 Å². The Morgan fingerprint density at radius 3 is 2.42 bits per heavy atom. The van der Waals surface area contributed by atoms with Gasteiger partial charge in [0.2, 0.25) is 5.82 Å². The summed E-state index contributed by atoms with van der Waals surface area (Å²) in [6.45, 7) is 1.57. The van der Waals surface area contributed by atoms with Crippen LogP contribution in [0.3, 0.4) is 0 Å². The molecule has 0 aliphatic heterocycles. The fraction of sp³-hybridized carbons (Fsp3) is 0.0769. The summed E-state index contributed by atoms with van der Waals surface area (Å²) >= 11 is 0. The Bertz CT molecular complexity index is 645. The number of aryl methyl sites for hydroxylation is 1. The minimum Gasteiger partial charge on any atom is -0.347 e. The van der Waals surface area contributed by atoms with Gasteiger partial charge in [-0.1, -0.05) is 18.2 Å². The molecule has 0 unspecified atom stereocenters. The molecule has 98 valence electrons. The third-order valence-corrected chi connectivity index (χ3v) is 2.63. The van der Waals surface area contributed by atoms with Crippen LogP contribution in [0.15, 0.2) is 36.4 Å². The standard InChI is InChI=1S/C13H10F2N2O2/c1-8-4-2-6-10(12(8)15)16-11-7-3-5-9(14)13(11)17(18)19/h2-7,16H,1H3. The van der Waals surface area contributed by atoms with Gasteiger partial charge < -0.3 is 5.32 Å². The van der Waals surface area contributed by atoms with Crippen molar-refractivity contribution in [2.75, 3.05) is 5.32 Å². The van der Waals surface area contributed by atoms with Crippen LogP contribution in [0.25, 0.3) is 0 Å². The molecule has 2 aromatic rings. The van der Waals surface area contributed by atoms with Gasteiger partial charge in [-0.15, -0.1) is 0 Å². The van der Waals surface area contributed by atoms with Gasteiger partial charge in [0.1, 0.15) is 11.5 Å². The second-order valence-corrected chi connectivity index (χ2v) is 3.95. The highest BCUT2D eigenvalue weighted by Crippen LogP contribution is 2.31. The number of nitro benzene ring substituents is 1. The number of benzene rings is 2. The highest BCUT2D eigenvalue weighted by Gasteiger charge is 2.20. The molecular weight excluding hydrogens is 254 g/mol. The van der Waals surface area contributed by atoms with Crippen LogP contribution in [-0.4, -0.2) is 4.92 Å². The topological polar surface area (TPSA) is 55.2 Å². The lowest BCUT2D eigenvalue weighted by Gasteiger charge is -2.09. The van der Waals surface area contributed by atoms with E-state index in [0.29, 0.717) is 5.56 Å². The van der Waals surface area contributed by atoms with Crippen LogP contribution in [-0.2, 0) is 0 Å². The van der Waals surface area contributed by atoms with Gasteiger partial charge in [0.15, 0.2) is 0 Å². The first kappa shape index (κ1) is 12.9. The molecule has 0 fully saturated rings. The van der Waals surface area contributed by atoms with Gasteiger partial charge in [-0.3, -0.25) is 10.1 Å². The summed E-state index contributed by atoms with van der Waals surface area (Å²) in [6.07, 6.45) is 0. The number of nitrogens with zero attached hydrogens (tertiary/aromatic N) is 1. The van der Waals surface area contributed by atoms with Gasteiger partial charge in [0, 0.05) is 0 Å². The number of nitrogens with one attached hydrogen (secondary N) is 1. The first-order chi connectivity index (χ1) is 9.00. The molecule has 19 heavy (non-hydrogen) atoms. The molecular formula is C13H10F2N2O2. The third kappa shape index (κ3) is 2.52. The maximum atomic E-state index is 13.8. The normalized spacial score (nSPS) is 10.3. The quantitative estimate of drug-likeness (QED) is 0.675. The van der Waals surface area contributed by atoms with Crippen molar-refractivity contribution in [3.63, 3.8) is 0 Å². The van der Waals surface area contributed by atoms with E-state index in [1.54, 1.807) is 19.1 Å².